The number of ether oxygens (including phenoxy) is 1. The zero-order valence-corrected chi connectivity index (χ0v) is 17.3. The zero-order chi connectivity index (χ0) is 22.2. The van der Waals surface area contributed by atoms with Gasteiger partial charge in [0.05, 0.1) is 12.5 Å². The Labute approximate surface area is 180 Å². The first kappa shape index (κ1) is 21.7. The van der Waals surface area contributed by atoms with Crippen molar-refractivity contribution in [3.63, 3.8) is 0 Å². The maximum atomic E-state index is 12.4. The molecule has 0 spiro atoms. The summed E-state index contributed by atoms with van der Waals surface area (Å²) in [5.74, 6) is -0.266. The average molecular weight is 420 g/mol. The smallest absolute Gasteiger partial charge is 0.308 e. The van der Waals surface area contributed by atoms with Gasteiger partial charge in [0.25, 0.3) is 0 Å². The van der Waals surface area contributed by atoms with Crippen LogP contribution < -0.4 is 16.4 Å². The first-order valence-electron chi connectivity index (χ1n) is 9.71. The lowest BCUT2D eigenvalue weighted by Crippen LogP contribution is -2.28. The summed E-state index contributed by atoms with van der Waals surface area (Å²) < 4.78 is 5.32. The number of carbonyl (C=O) groups excluding carboxylic acids is 2. The van der Waals surface area contributed by atoms with Crippen LogP contribution in [0.15, 0.2) is 54.6 Å². The van der Waals surface area contributed by atoms with Crippen molar-refractivity contribution in [3.05, 3.63) is 71.5 Å². The van der Waals surface area contributed by atoms with E-state index in [9.17, 15) is 9.59 Å². The van der Waals surface area contributed by atoms with Crippen LogP contribution in [0.3, 0.4) is 0 Å². The van der Waals surface area contributed by atoms with Crippen LogP contribution in [0.25, 0.3) is 0 Å². The molecule has 31 heavy (non-hydrogen) atoms. The van der Waals surface area contributed by atoms with Crippen LogP contribution in [-0.2, 0) is 20.9 Å². The molecule has 9 nitrogen and oxygen atoms in total. The molecule has 0 saturated carbocycles. The minimum atomic E-state index is -0.504. The van der Waals surface area contributed by atoms with Gasteiger partial charge in [0.15, 0.2) is 12.4 Å². The molecule has 0 radical (unpaired) electrons. The van der Waals surface area contributed by atoms with E-state index in [1.165, 1.54) is 6.92 Å². The number of rotatable bonds is 8. The van der Waals surface area contributed by atoms with E-state index in [0.29, 0.717) is 0 Å². The summed E-state index contributed by atoms with van der Waals surface area (Å²) in [6, 6.07) is 16.4. The number of nitrogen functional groups attached to an aromatic ring is 1. The predicted octanol–water partition coefficient (Wildman–Crippen LogP) is 2.82. The number of aromatic nitrogens is 3. The first-order chi connectivity index (χ1) is 14.9. The molecular weight excluding hydrogens is 396 g/mol. The quantitative estimate of drug-likeness (QED) is 0.474. The van der Waals surface area contributed by atoms with Gasteiger partial charge in [-0.2, -0.15) is 15.0 Å². The molecule has 3 rings (SSSR count). The van der Waals surface area contributed by atoms with Crippen molar-refractivity contribution in [2.24, 2.45) is 0 Å². The molecule has 0 bridgehead atoms. The number of benzene rings is 2. The third-order valence-corrected chi connectivity index (χ3v) is 4.32. The maximum Gasteiger partial charge on any atom is 0.308 e. The van der Waals surface area contributed by atoms with E-state index in [4.69, 9.17) is 10.5 Å². The SMILES string of the molecule is CC(=O)N[C@H](CC(=O)OCc1nc(N)nc(Nc2ccccc2)n1)c1ccc(C)cc1. The Kier molecular flexibility index (Phi) is 7.10. The van der Waals surface area contributed by atoms with E-state index in [-0.39, 0.29) is 36.7 Å². The average Bonchev–Trinajstić information content (AvgIpc) is 2.72. The predicted molar refractivity (Wildman–Crippen MR) is 116 cm³/mol. The number of para-hydroxylation sites is 1. The number of nitrogens with one attached hydrogen (secondary N) is 2. The number of hydrogen-bond acceptors (Lipinski definition) is 8. The summed E-state index contributed by atoms with van der Waals surface area (Å²) in [5, 5.41) is 5.80. The van der Waals surface area contributed by atoms with Crippen molar-refractivity contribution in [3.8, 4) is 0 Å². The number of nitrogens with two attached hydrogens (primary N) is 1. The summed E-state index contributed by atoms with van der Waals surface area (Å²) in [5.41, 5.74) is 8.44. The molecule has 0 fully saturated rings. The van der Waals surface area contributed by atoms with E-state index in [1.807, 2.05) is 61.5 Å². The first-order valence-corrected chi connectivity index (χ1v) is 9.71. The number of anilines is 3. The van der Waals surface area contributed by atoms with Gasteiger partial charge in [-0.15, -0.1) is 0 Å². The number of amides is 1. The molecule has 4 N–H and O–H groups in total. The van der Waals surface area contributed by atoms with Crippen LogP contribution >= 0.6 is 0 Å². The number of carbonyl (C=O) groups is 2. The molecule has 9 heteroatoms. The van der Waals surface area contributed by atoms with Crippen LogP contribution in [0, 0.1) is 6.92 Å². The van der Waals surface area contributed by atoms with Crippen molar-refractivity contribution in [1.29, 1.82) is 0 Å². The molecule has 1 amide bonds. The van der Waals surface area contributed by atoms with Gasteiger partial charge >= 0.3 is 5.97 Å². The second-order valence-corrected chi connectivity index (χ2v) is 6.95. The highest BCUT2D eigenvalue weighted by Gasteiger charge is 2.19. The van der Waals surface area contributed by atoms with Crippen molar-refractivity contribution in [2.45, 2.75) is 32.9 Å². The molecule has 160 valence electrons. The second kappa shape index (κ2) is 10.1. The number of aryl methyl sites for hydroxylation is 1. The lowest BCUT2D eigenvalue weighted by molar-refractivity contribution is -0.146. The monoisotopic (exact) mass is 420 g/mol. The van der Waals surface area contributed by atoms with Crippen molar-refractivity contribution < 1.29 is 14.3 Å². The highest BCUT2D eigenvalue weighted by atomic mass is 16.5. The van der Waals surface area contributed by atoms with Crippen molar-refractivity contribution >= 4 is 29.5 Å². The maximum absolute atomic E-state index is 12.4. The summed E-state index contributed by atoms with van der Waals surface area (Å²) in [6.45, 7) is 3.20. The molecule has 0 saturated heterocycles. The fourth-order valence-corrected chi connectivity index (χ4v) is 2.88. The lowest BCUT2D eigenvalue weighted by Gasteiger charge is -2.18. The van der Waals surface area contributed by atoms with Gasteiger partial charge in [0.2, 0.25) is 17.8 Å². The Morgan fingerprint density at radius 2 is 1.74 bits per heavy atom. The lowest BCUT2D eigenvalue weighted by atomic mass is 10.0. The molecule has 0 unspecified atom stereocenters. The van der Waals surface area contributed by atoms with Gasteiger partial charge < -0.3 is 21.1 Å². The minimum Gasteiger partial charge on any atom is -0.457 e. The van der Waals surface area contributed by atoms with E-state index in [0.717, 1.165) is 16.8 Å². The highest BCUT2D eigenvalue weighted by molar-refractivity contribution is 5.76. The fraction of sp³-hybridized carbons (Fsp3) is 0.227. The van der Waals surface area contributed by atoms with Crippen LogP contribution in [-0.4, -0.2) is 26.8 Å². The Hall–Kier alpha value is -4.01. The number of esters is 1. The van der Waals surface area contributed by atoms with Gasteiger partial charge in [-0.05, 0) is 24.6 Å². The summed E-state index contributed by atoms with van der Waals surface area (Å²) in [7, 11) is 0. The Morgan fingerprint density at radius 1 is 1.03 bits per heavy atom. The molecular formula is C22H24N6O3. The molecule has 3 aromatic rings. The van der Waals surface area contributed by atoms with E-state index in [1.54, 1.807) is 0 Å². The number of hydrogen-bond donors (Lipinski definition) is 3. The summed E-state index contributed by atoms with van der Waals surface area (Å²) in [4.78, 5) is 36.3. The van der Waals surface area contributed by atoms with Crippen LogP contribution in [0.1, 0.15) is 36.3 Å². The topological polar surface area (TPSA) is 132 Å². The molecule has 0 aliphatic rings. The molecule has 1 atom stereocenters. The van der Waals surface area contributed by atoms with Gasteiger partial charge in [0.1, 0.15) is 0 Å². The Balaban J connectivity index is 1.63. The Morgan fingerprint density at radius 3 is 2.42 bits per heavy atom. The highest BCUT2D eigenvalue weighted by Crippen LogP contribution is 2.19. The molecule has 1 aromatic heterocycles. The van der Waals surface area contributed by atoms with Crippen LogP contribution in [0.4, 0.5) is 17.6 Å². The third kappa shape index (κ3) is 6.77. The van der Waals surface area contributed by atoms with Crippen molar-refractivity contribution in [2.75, 3.05) is 11.1 Å². The third-order valence-electron chi connectivity index (χ3n) is 4.32. The summed E-state index contributed by atoms with van der Waals surface area (Å²) >= 11 is 0. The normalized spacial score (nSPS) is 11.4. The van der Waals surface area contributed by atoms with Gasteiger partial charge in [-0.1, -0.05) is 48.0 Å². The van der Waals surface area contributed by atoms with Gasteiger partial charge in [0, 0.05) is 12.6 Å². The van der Waals surface area contributed by atoms with Crippen molar-refractivity contribution in [1.82, 2.24) is 20.3 Å². The molecule has 2 aromatic carbocycles. The fourth-order valence-electron chi connectivity index (χ4n) is 2.88. The van der Waals surface area contributed by atoms with Crippen LogP contribution in [0.5, 0.6) is 0 Å². The summed E-state index contributed by atoms with van der Waals surface area (Å²) in [6.07, 6.45) is -0.0294. The largest absolute Gasteiger partial charge is 0.457 e. The molecule has 1 heterocycles. The van der Waals surface area contributed by atoms with Gasteiger partial charge in [-0.3, -0.25) is 9.59 Å². The molecule has 0 aliphatic carbocycles. The second-order valence-electron chi connectivity index (χ2n) is 6.95. The standard InChI is InChI=1S/C22H24N6O3/c1-14-8-10-16(11-9-14)18(24-15(2)29)12-20(30)31-13-19-26-21(23)28-22(27-19)25-17-6-4-3-5-7-17/h3-11,18H,12-13H2,1-2H3,(H,24,29)(H3,23,25,26,27,28)/t18-/m1/s1. The van der Waals surface area contributed by atoms with E-state index >= 15 is 0 Å². The van der Waals surface area contributed by atoms with E-state index < -0.39 is 12.0 Å². The van der Waals surface area contributed by atoms with Gasteiger partial charge in [-0.25, -0.2) is 0 Å². The molecule has 0 aliphatic heterocycles. The Bertz CT molecular complexity index is 1040. The van der Waals surface area contributed by atoms with E-state index in [2.05, 4.69) is 25.6 Å². The van der Waals surface area contributed by atoms with Crippen LogP contribution in [0.2, 0.25) is 0 Å². The minimum absolute atomic E-state index is 0.00950. The zero-order valence-electron chi connectivity index (χ0n) is 17.3. The number of nitrogens with zero attached hydrogens (tertiary/aromatic N) is 3.